The third-order valence-electron chi connectivity index (χ3n) is 4.26. The first-order valence-corrected chi connectivity index (χ1v) is 8.37. The van der Waals surface area contributed by atoms with Crippen LogP contribution in [0.5, 0.6) is 11.5 Å². The molecule has 0 radical (unpaired) electrons. The van der Waals surface area contributed by atoms with E-state index in [0.29, 0.717) is 33.4 Å². The minimum Gasteiger partial charge on any atom is -0.468 e. The molecule has 3 aromatic carbocycles. The van der Waals surface area contributed by atoms with Gasteiger partial charge in [-0.3, -0.25) is 4.79 Å². The summed E-state index contributed by atoms with van der Waals surface area (Å²) in [4.78, 5) is 12.9. The van der Waals surface area contributed by atoms with Gasteiger partial charge in [0.1, 0.15) is 22.7 Å². The average Bonchev–Trinajstić information content (AvgIpc) is 2.69. The van der Waals surface area contributed by atoms with E-state index < -0.39 is 0 Å². The third kappa shape index (κ3) is 3.32. The van der Waals surface area contributed by atoms with Crippen LogP contribution in [0, 0.1) is 0 Å². The summed E-state index contributed by atoms with van der Waals surface area (Å²) in [6.07, 6.45) is 0. The molecule has 0 spiro atoms. The molecule has 138 valence electrons. The topological polar surface area (TPSA) is 67.1 Å². The van der Waals surface area contributed by atoms with Gasteiger partial charge in [-0.25, -0.2) is 0 Å². The molecule has 0 atom stereocenters. The molecule has 1 heterocycles. The molecule has 27 heavy (non-hydrogen) atoms. The van der Waals surface area contributed by atoms with Crippen LogP contribution < -0.4 is 14.9 Å². The Morgan fingerprint density at radius 1 is 0.741 bits per heavy atom. The fourth-order valence-corrected chi connectivity index (χ4v) is 2.99. The first kappa shape index (κ1) is 17.3. The summed E-state index contributed by atoms with van der Waals surface area (Å²) in [5.41, 5.74) is 0.895. The molecule has 4 rings (SSSR count). The van der Waals surface area contributed by atoms with E-state index in [1.54, 1.807) is 32.4 Å². The first-order valence-electron chi connectivity index (χ1n) is 8.37. The van der Waals surface area contributed by atoms with Gasteiger partial charge in [-0.2, -0.15) is 0 Å². The summed E-state index contributed by atoms with van der Waals surface area (Å²) < 4.78 is 26.7. The zero-order valence-corrected chi connectivity index (χ0v) is 15.0. The van der Waals surface area contributed by atoms with Gasteiger partial charge in [0.05, 0.1) is 10.8 Å². The van der Waals surface area contributed by atoms with Crippen LogP contribution in [0.15, 0.2) is 57.7 Å². The van der Waals surface area contributed by atoms with E-state index in [1.807, 2.05) is 30.3 Å². The van der Waals surface area contributed by atoms with Crippen molar-refractivity contribution in [2.24, 2.45) is 0 Å². The van der Waals surface area contributed by atoms with E-state index in [4.69, 9.17) is 23.4 Å². The molecule has 6 heteroatoms. The largest absolute Gasteiger partial charge is 0.468 e. The van der Waals surface area contributed by atoms with Crippen molar-refractivity contribution >= 4 is 32.7 Å². The van der Waals surface area contributed by atoms with Gasteiger partial charge >= 0.3 is 0 Å². The zero-order valence-electron chi connectivity index (χ0n) is 15.0. The van der Waals surface area contributed by atoms with Crippen molar-refractivity contribution in [1.82, 2.24) is 0 Å². The molecule has 0 aliphatic heterocycles. The maximum Gasteiger partial charge on any atom is 0.200 e. The second kappa shape index (κ2) is 7.26. The first-order chi connectivity index (χ1) is 13.2. The molecular weight excluding hydrogens is 348 g/mol. The minimum absolute atomic E-state index is 0.0776. The Hall–Kier alpha value is -3.09. The van der Waals surface area contributed by atoms with E-state index in [-0.39, 0.29) is 19.0 Å². The number of hydrogen-bond acceptors (Lipinski definition) is 6. The van der Waals surface area contributed by atoms with Crippen LogP contribution in [0.2, 0.25) is 0 Å². The molecule has 0 aliphatic carbocycles. The van der Waals surface area contributed by atoms with Crippen molar-refractivity contribution in [1.29, 1.82) is 0 Å². The van der Waals surface area contributed by atoms with Gasteiger partial charge in [0.15, 0.2) is 13.6 Å². The Bertz CT molecular complexity index is 1170. The lowest BCUT2D eigenvalue weighted by molar-refractivity contribution is 0.0510. The quantitative estimate of drug-likeness (QED) is 0.379. The molecule has 0 saturated carbocycles. The molecule has 0 aliphatic rings. The van der Waals surface area contributed by atoms with Crippen molar-refractivity contribution in [2.75, 3.05) is 27.8 Å². The van der Waals surface area contributed by atoms with Crippen LogP contribution >= 0.6 is 0 Å². The average molecular weight is 366 g/mol. The molecule has 0 amide bonds. The minimum atomic E-state index is -0.0776. The Labute approximate surface area is 154 Å². The summed E-state index contributed by atoms with van der Waals surface area (Å²) in [6, 6.07) is 14.4. The van der Waals surface area contributed by atoms with E-state index in [0.717, 1.165) is 10.8 Å². The van der Waals surface area contributed by atoms with Gasteiger partial charge in [-0.05, 0) is 47.2 Å². The second-order valence-electron chi connectivity index (χ2n) is 6.05. The molecule has 6 nitrogen and oxygen atoms in total. The van der Waals surface area contributed by atoms with Crippen molar-refractivity contribution in [3.05, 3.63) is 58.8 Å². The molecule has 4 aromatic rings. The number of rotatable bonds is 6. The highest BCUT2D eigenvalue weighted by atomic mass is 16.7. The van der Waals surface area contributed by atoms with E-state index >= 15 is 0 Å². The maximum absolute atomic E-state index is 12.9. The van der Waals surface area contributed by atoms with Crippen LogP contribution in [-0.2, 0) is 9.47 Å². The molecule has 0 bridgehead atoms. The van der Waals surface area contributed by atoms with Crippen molar-refractivity contribution in [2.45, 2.75) is 0 Å². The number of ether oxygens (including phenoxy) is 4. The van der Waals surface area contributed by atoms with Crippen LogP contribution in [-0.4, -0.2) is 27.8 Å². The predicted octanol–water partition coefficient (Wildman–Crippen LogP) is 4.06. The maximum atomic E-state index is 12.9. The number of benzene rings is 3. The number of fused-ring (bicyclic) bond motifs is 3. The standard InChI is InChI=1S/C21H18O6/c1-23-11-25-15-4-3-13-8-18-19(9-14(13)7-15)27-20-10-16(26-12-24-2)5-6-17(20)21(18)22/h3-10H,11-12H2,1-2H3. The highest BCUT2D eigenvalue weighted by Crippen LogP contribution is 2.28. The van der Waals surface area contributed by atoms with Crippen molar-refractivity contribution in [3.8, 4) is 11.5 Å². The Morgan fingerprint density at radius 2 is 1.41 bits per heavy atom. The van der Waals surface area contributed by atoms with Gasteiger partial charge in [-0.15, -0.1) is 0 Å². The second-order valence-corrected chi connectivity index (χ2v) is 6.05. The number of hydrogen-bond donors (Lipinski definition) is 0. The summed E-state index contributed by atoms with van der Waals surface area (Å²) in [5.74, 6) is 1.25. The fraction of sp³-hybridized carbons (Fsp3) is 0.190. The highest BCUT2D eigenvalue weighted by Gasteiger charge is 2.11. The highest BCUT2D eigenvalue weighted by molar-refractivity contribution is 5.99. The van der Waals surface area contributed by atoms with Gasteiger partial charge < -0.3 is 23.4 Å². The lowest BCUT2D eigenvalue weighted by atomic mass is 10.1. The van der Waals surface area contributed by atoms with E-state index in [9.17, 15) is 4.79 Å². The Balaban J connectivity index is 1.87. The Kier molecular flexibility index (Phi) is 4.66. The van der Waals surface area contributed by atoms with E-state index in [2.05, 4.69) is 0 Å². The van der Waals surface area contributed by atoms with Crippen molar-refractivity contribution in [3.63, 3.8) is 0 Å². The van der Waals surface area contributed by atoms with Gasteiger partial charge in [-0.1, -0.05) is 6.07 Å². The third-order valence-corrected chi connectivity index (χ3v) is 4.26. The summed E-state index contributed by atoms with van der Waals surface area (Å²) in [7, 11) is 3.11. The smallest absolute Gasteiger partial charge is 0.200 e. The van der Waals surface area contributed by atoms with Gasteiger partial charge in [0.25, 0.3) is 0 Å². The fourth-order valence-electron chi connectivity index (χ4n) is 2.99. The Morgan fingerprint density at radius 3 is 2.15 bits per heavy atom. The lowest BCUT2D eigenvalue weighted by Gasteiger charge is -2.08. The van der Waals surface area contributed by atoms with Crippen LogP contribution in [0.4, 0.5) is 0 Å². The number of methoxy groups -OCH3 is 2. The molecule has 0 saturated heterocycles. The van der Waals surface area contributed by atoms with Crippen molar-refractivity contribution < 1.29 is 23.4 Å². The summed E-state index contributed by atoms with van der Waals surface area (Å²) in [5, 5.41) is 2.88. The predicted molar refractivity (Wildman–Crippen MR) is 103 cm³/mol. The molecule has 0 N–H and O–H groups in total. The molecular formula is C21H18O6. The molecule has 0 fully saturated rings. The van der Waals surface area contributed by atoms with E-state index in [1.165, 1.54) is 0 Å². The van der Waals surface area contributed by atoms with Gasteiger partial charge in [0.2, 0.25) is 5.43 Å². The van der Waals surface area contributed by atoms with Crippen LogP contribution in [0.25, 0.3) is 32.7 Å². The molecule has 0 unspecified atom stereocenters. The monoisotopic (exact) mass is 366 g/mol. The summed E-state index contributed by atoms with van der Waals surface area (Å²) in [6.45, 7) is 0.293. The SMILES string of the molecule is COCOc1ccc2cc3c(=O)c4ccc(OCOC)cc4oc3cc2c1. The van der Waals surface area contributed by atoms with Gasteiger partial charge in [0, 0.05) is 20.3 Å². The lowest BCUT2D eigenvalue weighted by Crippen LogP contribution is -2.03. The normalized spacial score (nSPS) is 11.3. The van der Waals surface area contributed by atoms with Crippen LogP contribution in [0.1, 0.15) is 0 Å². The van der Waals surface area contributed by atoms with Crippen LogP contribution in [0.3, 0.4) is 0 Å². The zero-order chi connectivity index (χ0) is 18.8. The summed E-state index contributed by atoms with van der Waals surface area (Å²) >= 11 is 0. The molecule has 1 aromatic heterocycles.